The fourth-order valence-corrected chi connectivity index (χ4v) is 1.26. The zero-order valence-corrected chi connectivity index (χ0v) is 9.13. The summed E-state index contributed by atoms with van der Waals surface area (Å²) < 4.78 is 1.06. The zero-order chi connectivity index (χ0) is 11.6. The standard InChI is InChI=1S/C9H10ClN3O2/c1-5-6(2)9(15)13(12-8(5)14)4-7(10)3-11/h7H,4H2,1-2H3,(H,12,14). The second-order valence-corrected chi connectivity index (χ2v) is 3.73. The maximum atomic E-state index is 11.6. The average molecular weight is 228 g/mol. The van der Waals surface area contributed by atoms with Gasteiger partial charge >= 0.3 is 0 Å². The number of aromatic nitrogens is 2. The summed E-state index contributed by atoms with van der Waals surface area (Å²) in [6, 6.07) is 1.78. The predicted molar refractivity (Wildman–Crippen MR) is 56.1 cm³/mol. The lowest BCUT2D eigenvalue weighted by Gasteiger charge is -2.07. The van der Waals surface area contributed by atoms with Crippen LogP contribution in [0.15, 0.2) is 9.59 Å². The molecule has 0 bridgehead atoms. The fraction of sp³-hybridized carbons (Fsp3) is 0.444. The van der Waals surface area contributed by atoms with Gasteiger partial charge in [0.1, 0.15) is 5.38 Å². The van der Waals surface area contributed by atoms with Gasteiger partial charge in [-0.05, 0) is 13.8 Å². The lowest BCUT2D eigenvalue weighted by atomic mass is 10.2. The maximum absolute atomic E-state index is 11.6. The molecule has 5 nitrogen and oxygen atoms in total. The number of nitriles is 1. The van der Waals surface area contributed by atoms with Crippen LogP contribution in [-0.2, 0) is 6.54 Å². The molecule has 1 atom stereocenters. The van der Waals surface area contributed by atoms with Gasteiger partial charge in [0.05, 0.1) is 12.6 Å². The molecule has 0 spiro atoms. The molecule has 0 aliphatic heterocycles. The summed E-state index contributed by atoms with van der Waals surface area (Å²) in [7, 11) is 0. The Morgan fingerprint density at radius 1 is 1.47 bits per heavy atom. The molecule has 0 radical (unpaired) electrons. The quantitative estimate of drug-likeness (QED) is 0.738. The second kappa shape index (κ2) is 4.32. The molecule has 1 heterocycles. The minimum Gasteiger partial charge on any atom is -0.268 e. The molecule has 1 aromatic heterocycles. The molecule has 1 unspecified atom stereocenters. The molecule has 1 aromatic rings. The summed E-state index contributed by atoms with van der Waals surface area (Å²) in [5.41, 5.74) is 0.0989. The van der Waals surface area contributed by atoms with Crippen LogP contribution in [0.25, 0.3) is 0 Å². The van der Waals surface area contributed by atoms with E-state index in [1.807, 2.05) is 0 Å². The van der Waals surface area contributed by atoms with Gasteiger partial charge in [-0.3, -0.25) is 14.7 Å². The Morgan fingerprint density at radius 2 is 2.07 bits per heavy atom. The fourth-order valence-electron chi connectivity index (χ4n) is 1.12. The smallest absolute Gasteiger partial charge is 0.268 e. The highest BCUT2D eigenvalue weighted by atomic mass is 35.5. The molecule has 80 valence electrons. The van der Waals surface area contributed by atoms with Crippen LogP contribution in [0.5, 0.6) is 0 Å². The Kier molecular flexibility index (Phi) is 3.32. The molecule has 0 amide bonds. The molecule has 15 heavy (non-hydrogen) atoms. The van der Waals surface area contributed by atoms with Gasteiger partial charge in [0, 0.05) is 11.1 Å². The third-order valence-corrected chi connectivity index (χ3v) is 2.42. The number of alkyl halides is 1. The largest absolute Gasteiger partial charge is 0.268 e. The van der Waals surface area contributed by atoms with Crippen molar-refractivity contribution in [3.8, 4) is 6.07 Å². The van der Waals surface area contributed by atoms with E-state index in [1.165, 1.54) is 0 Å². The third-order valence-electron chi connectivity index (χ3n) is 2.19. The van der Waals surface area contributed by atoms with Gasteiger partial charge in [-0.25, -0.2) is 4.68 Å². The summed E-state index contributed by atoms with van der Waals surface area (Å²) in [6.45, 7) is 3.12. The first-order valence-electron chi connectivity index (χ1n) is 4.31. The van der Waals surface area contributed by atoms with Gasteiger partial charge < -0.3 is 0 Å². The second-order valence-electron chi connectivity index (χ2n) is 3.20. The van der Waals surface area contributed by atoms with Crippen molar-refractivity contribution in [1.29, 1.82) is 5.26 Å². The van der Waals surface area contributed by atoms with E-state index in [-0.39, 0.29) is 17.7 Å². The van der Waals surface area contributed by atoms with Crippen molar-refractivity contribution >= 4 is 11.6 Å². The minimum atomic E-state index is -0.833. The molecule has 1 rings (SSSR count). The average Bonchev–Trinajstić information content (AvgIpc) is 2.22. The van der Waals surface area contributed by atoms with E-state index >= 15 is 0 Å². The number of hydrogen-bond acceptors (Lipinski definition) is 3. The van der Waals surface area contributed by atoms with Gasteiger partial charge in [-0.15, -0.1) is 11.6 Å². The van der Waals surface area contributed by atoms with Crippen LogP contribution in [0.1, 0.15) is 11.1 Å². The predicted octanol–water partition coefficient (Wildman–Crippen LogP) is 0.284. The lowest BCUT2D eigenvalue weighted by Crippen LogP contribution is -2.35. The van der Waals surface area contributed by atoms with Crippen LogP contribution in [0.3, 0.4) is 0 Å². The van der Waals surface area contributed by atoms with Crippen LogP contribution >= 0.6 is 11.6 Å². The van der Waals surface area contributed by atoms with Crippen molar-refractivity contribution in [3.63, 3.8) is 0 Å². The van der Waals surface area contributed by atoms with Crippen molar-refractivity contribution in [1.82, 2.24) is 9.78 Å². The monoisotopic (exact) mass is 227 g/mol. The highest BCUT2D eigenvalue weighted by Gasteiger charge is 2.10. The van der Waals surface area contributed by atoms with Crippen molar-refractivity contribution < 1.29 is 0 Å². The Labute approximate surface area is 90.9 Å². The van der Waals surface area contributed by atoms with Crippen LogP contribution in [-0.4, -0.2) is 15.2 Å². The number of H-pyrrole nitrogens is 1. The Balaban J connectivity index is 3.29. The Hall–Kier alpha value is -1.54. The van der Waals surface area contributed by atoms with E-state index in [0.717, 1.165) is 4.68 Å². The molecule has 6 heteroatoms. The summed E-state index contributed by atoms with van der Waals surface area (Å²) in [4.78, 5) is 23.0. The van der Waals surface area contributed by atoms with Crippen molar-refractivity contribution in [3.05, 3.63) is 31.8 Å². The number of aromatic amines is 1. The number of nitrogens with zero attached hydrogens (tertiary/aromatic N) is 2. The van der Waals surface area contributed by atoms with Crippen LogP contribution in [0, 0.1) is 25.2 Å². The first-order chi connectivity index (χ1) is 6.97. The van der Waals surface area contributed by atoms with Gasteiger partial charge in [-0.1, -0.05) is 0 Å². The summed E-state index contributed by atoms with van der Waals surface area (Å²) in [5.74, 6) is 0. The Morgan fingerprint density at radius 3 is 2.60 bits per heavy atom. The van der Waals surface area contributed by atoms with E-state index in [1.54, 1.807) is 19.9 Å². The molecule has 0 aromatic carbocycles. The third kappa shape index (κ3) is 2.28. The summed E-state index contributed by atoms with van der Waals surface area (Å²) in [6.07, 6.45) is 0. The molecular weight excluding hydrogens is 218 g/mol. The molecule has 0 fully saturated rings. The first kappa shape index (κ1) is 11.5. The molecule has 0 saturated heterocycles. The van der Waals surface area contributed by atoms with E-state index in [9.17, 15) is 9.59 Å². The maximum Gasteiger partial charge on any atom is 0.268 e. The van der Waals surface area contributed by atoms with Crippen molar-refractivity contribution in [2.75, 3.05) is 0 Å². The molecule has 1 N–H and O–H groups in total. The van der Waals surface area contributed by atoms with Gasteiger partial charge in [0.25, 0.3) is 11.1 Å². The van der Waals surface area contributed by atoms with Crippen LogP contribution in [0.2, 0.25) is 0 Å². The van der Waals surface area contributed by atoms with Crippen molar-refractivity contribution in [2.45, 2.75) is 25.8 Å². The van der Waals surface area contributed by atoms with E-state index in [0.29, 0.717) is 11.1 Å². The Bertz CT molecular complexity index is 524. The van der Waals surface area contributed by atoms with E-state index in [4.69, 9.17) is 16.9 Å². The summed E-state index contributed by atoms with van der Waals surface area (Å²) >= 11 is 5.57. The van der Waals surface area contributed by atoms with Crippen molar-refractivity contribution in [2.24, 2.45) is 0 Å². The lowest BCUT2D eigenvalue weighted by molar-refractivity contribution is 0.576. The first-order valence-corrected chi connectivity index (χ1v) is 4.75. The molecule has 0 aliphatic rings. The number of halogens is 1. The topological polar surface area (TPSA) is 78.7 Å². The van der Waals surface area contributed by atoms with E-state index < -0.39 is 5.38 Å². The summed E-state index contributed by atoms with van der Waals surface area (Å²) in [5, 5.41) is 10.0. The number of hydrogen-bond donors (Lipinski definition) is 1. The highest BCUT2D eigenvalue weighted by molar-refractivity contribution is 6.22. The van der Waals surface area contributed by atoms with Crippen LogP contribution in [0.4, 0.5) is 0 Å². The minimum absolute atomic E-state index is 0.0206. The molecular formula is C9H10ClN3O2. The number of nitrogens with one attached hydrogen (secondary N) is 1. The van der Waals surface area contributed by atoms with Gasteiger partial charge in [0.15, 0.2) is 0 Å². The molecule has 0 saturated carbocycles. The van der Waals surface area contributed by atoms with Gasteiger partial charge in [-0.2, -0.15) is 5.26 Å². The molecule has 0 aliphatic carbocycles. The van der Waals surface area contributed by atoms with Crippen LogP contribution < -0.4 is 11.1 Å². The van der Waals surface area contributed by atoms with E-state index in [2.05, 4.69) is 5.10 Å². The number of rotatable bonds is 2. The van der Waals surface area contributed by atoms with Gasteiger partial charge in [0.2, 0.25) is 0 Å². The SMILES string of the molecule is Cc1c(C)c(=O)n(CC(Cl)C#N)[nH]c1=O. The highest BCUT2D eigenvalue weighted by Crippen LogP contribution is 1.96. The normalized spacial score (nSPS) is 12.1. The zero-order valence-electron chi connectivity index (χ0n) is 8.37.